The van der Waals surface area contributed by atoms with Gasteiger partial charge in [-0.05, 0) is 12.1 Å². The van der Waals surface area contributed by atoms with Crippen LogP contribution in [-0.4, -0.2) is 65.7 Å². The quantitative estimate of drug-likeness (QED) is 0.382. The van der Waals surface area contributed by atoms with Gasteiger partial charge in [-0.15, -0.1) is 16.4 Å². The molecule has 5 N–H and O–H groups in total. The van der Waals surface area contributed by atoms with E-state index in [1.165, 1.54) is 34.3 Å². The zero-order chi connectivity index (χ0) is 22.3. The number of halogens is 3. The van der Waals surface area contributed by atoms with Crippen LogP contribution in [0, 0.1) is 5.82 Å². The van der Waals surface area contributed by atoms with Gasteiger partial charge in [-0.1, -0.05) is 40.2 Å². The Morgan fingerprint density at radius 2 is 1.94 bits per heavy atom. The number of thiazole rings is 1. The molecule has 0 bridgehead atoms. The highest BCUT2D eigenvalue weighted by atomic mass is 35.5. The maximum absolute atomic E-state index is 13.7. The van der Waals surface area contributed by atoms with E-state index in [0.717, 1.165) is 11.8 Å². The fourth-order valence-electron chi connectivity index (χ4n) is 3.16. The standard InChI is InChI=1S/C17H16Cl2FN5O4S2/c18-7-1-6(2-8(19)12(7)20)31-16-15(28)13(14(27)11(4-26)29-16)25-3-9(23-24-25)10-5-30-17(21)22-10/h1-3,5,11,13-16,26-28H,4H2,(H2,21,22). The predicted molar refractivity (Wildman–Crippen MR) is 115 cm³/mol. The second-order valence-electron chi connectivity index (χ2n) is 6.67. The first-order chi connectivity index (χ1) is 14.8. The molecule has 3 heterocycles. The molecule has 14 heteroatoms. The van der Waals surface area contributed by atoms with Crippen molar-refractivity contribution in [3.05, 3.63) is 39.6 Å². The van der Waals surface area contributed by atoms with E-state index in [1.54, 1.807) is 5.38 Å². The number of ether oxygens (including phenoxy) is 1. The lowest BCUT2D eigenvalue weighted by molar-refractivity contribution is -0.178. The summed E-state index contributed by atoms with van der Waals surface area (Å²) in [5.74, 6) is -0.753. The molecule has 0 radical (unpaired) electrons. The molecule has 1 aliphatic rings. The van der Waals surface area contributed by atoms with Crippen molar-refractivity contribution < 1.29 is 24.4 Å². The summed E-state index contributed by atoms with van der Waals surface area (Å²) in [6.07, 6.45) is -2.06. The van der Waals surface area contributed by atoms with Crippen molar-refractivity contribution in [3.8, 4) is 11.4 Å². The number of anilines is 1. The van der Waals surface area contributed by atoms with Crippen molar-refractivity contribution in [2.75, 3.05) is 12.3 Å². The smallest absolute Gasteiger partial charge is 0.180 e. The molecule has 0 spiro atoms. The van der Waals surface area contributed by atoms with Gasteiger partial charge in [0, 0.05) is 10.3 Å². The van der Waals surface area contributed by atoms with Crippen molar-refractivity contribution in [3.63, 3.8) is 0 Å². The third-order valence-corrected chi connectivity index (χ3v) is 7.01. The summed E-state index contributed by atoms with van der Waals surface area (Å²) in [6.45, 7) is -0.503. The minimum atomic E-state index is -1.28. The number of nitrogen functional groups attached to an aromatic ring is 1. The number of hydrogen-bond donors (Lipinski definition) is 4. The first-order valence-corrected chi connectivity index (χ1v) is 11.4. The summed E-state index contributed by atoms with van der Waals surface area (Å²) in [6, 6.07) is 1.70. The van der Waals surface area contributed by atoms with Gasteiger partial charge < -0.3 is 25.8 Å². The number of nitrogens with two attached hydrogens (primary N) is 1. The molecule has 0 aliphatic carbocycles. The Balaban J connectivity index is 1.62. The SMILES string of the molecule is Nc1nc(-c2cn(C3C(O)C(CO)OC(Sc4cc(Cl)c(F)c(Cl)c4)C3O)nn2)cs1. The monoisotopic (exact) mass is 507 g/mol. The molecular formula is C17H16Cl2FN5O4S2. The van der Waals surface area contributed by atoms with Gasteiger partial charge >= 0.3 is 0 Å². The minimum absolute atomic E-state index is 0.181. The molecule has 0 amide bonds. The lowest BCUT2D eigenvalue weighted by Gasteiger charge is -2.41. The second-order valence-corrected chi connectivity index (χ2v) is 9.55. The number of rotatable bonds is 5. The molecule has 1 aliphatic heterocycles. The highest BCUT2D eigenvalue weighted by Gasteiger charge is 2.46. The molecule has 31 heavy (non-hydrogen) atoms. The van der Waals surface area contributed by atoms with Gasteiger partial charge in [0.15, 0.2) is 10.9 Å². The Morgan fingerprint density at radius 1 is 1.23 bits per heavy atom. The largest absolute Gasteiger partial charge is 0.394 e. The van der Waals surface area contributed by atoms with E-state index in [0.29, 0.717) is 21.4 Å². The van der Waals surface area contributed by atoms with E-state index < -0.39 is 42.2 Å². The molecule has 2 aromatic heterocycles. The number of aliphatic hydroxyl groups excluding tert-OH is 3. The fourth-order valence-corrected chi connectivity index (χ4v) is 5.47. The van der Waals surface area contributed by atoms with Gasteiger partial charge in [-0.3, -0.25) is 0 Å². The summed E-state index contributed by atoms with van der Waals surface area (Å²) < 4.78 is 20.7. The van der Waals surface area contributed by atoms with Gasteiger partial charge in [0.1, 0.15) is 41.2 Å². The predicted octanol–water partition coefficient (Wildman–Crippen LogP) is 2.20. The third kappa shape index (κ3) is 4.52. The van der Waals surface area contributed by atoms with Crippen LogP contribution in [0.2, 0.25) is 10.0 Å². The van der Waals surface area contributed by atoms with Crippen LogP contribution in [0.25, 0.3) is 11.4 Å². The van der Waals surface area contributed by atoms with Crippen LogP contribution in [0.3, 0.4) is 0 Å². The van der Waals surface area contributed by atoms with Crippen LogP contribution >= 0.6 is 46.3 Å². The second kappa shape index (κ2) is 9.16. The Labute approximate surface area is 193 Å². The van der Waals surface area contributed by atoms with Crippen molar-refractivity contribution in [2.45, 2.75) is 34.7 Å². The lowest BCUT2D eigenvalue weighted by Crippen LogP contribution is -2.55. The van der Waals surface area contributed by atoms with Gasteiger partial charge in [-0.25, -0.2) is 14.1 Å². The van der Waals surface area contributed by atoms with E-state index in [-0.39, 0.29) is 10.0 Å². The van der Waals surface area contributed by atoms with Crippen LogP contribution in [-0.2, 0) is 4.74 Å². The number of thioether (sulfide) groups is 1. The molecule has 1 fully saturated rings. The zero-order valence-electron chi connectivity index (χ0n) is 15.5. The number of benzene rings is 1. The normalized spacial score (nSPS) is 26.3. The fraction of sp³-hybridized carbons (Fsp3) is 0.353. The molecule has 9 nitrogen and oxygen atoms in total. The number of hydrogen-bond acceptors (Lipinski definition) is 10. The van der Waals surface area contributed by atoms with E-state index >= 15 is 0 Å². The molecule has 5 unspecified atom stereocenters. The average Bonchev–Trinajstić information content (AvgIpc) is 3.37. The molecule has 3 aromatic rings. The van der Waals surface area contributed by atoms with Gasteiger partial charge in [0.25, 0.3) is 0 Å². The van der Waals surface area contributed by atoms with E-state index in [2.05, 4.69) is 15.3 Å². The maximum Gasteiger partial charge on any atom is 0.180 e. The molecule has 166 valence electrons. The van der Waals surface area contributed by atoms with E-state index in [1.807, 2.05) is 0 Å². The molecule has 0 saturated carbocycles. The molecular weight excluding hydrogens is 492 g/mol. The summed E-state index contributed by atoms with van der Waals surface area (Å²) >= 11 is 14.0. The van der Waals surface area contributed by atoms with Crippen LogP contribution < -0.4 is 5.73 Å². The van der Waals surface area contributed by atoms with Crippen LogP contribution in [0.4, 0.5) is 9.52 Å². The van der Waals surface area contributed by atoms with Gasteiger partial charge in [0.05, 0.1) is 22.8 Å². The van der Waals surface area contributed by atoms with Crippen molar-refractivity contribution in [2.24, 2.45) is 0 Å². The summed E-state index contributed by atoms with van der Waals surface area (Å²) in [7, 11) is 0. The lowest BCUT2D eigenvalue weighted by atomic mass is 9.97. The first kappa shape index (κ1) is 22.7. The van der Waals surface area contributed by atoms with E-state index in [9.17, 15) is 19.7 Å². The summed E-state index contributed by atoms with van der Waals surface area (Å²) in [4.78, 5) is 4.57. The van der Waals surface area contributed by atoms with Crippen LogP contribution in [0.15, 0.2) is 28.6 Å². The van der Waals surface area contributed by atoms with Crippen molar-refractivity contribution in [1.82, 2.24) is 20.0 Å². The van der Waals surface area contributed by atoms with Crippen molar-refractivity contribution >= 4 is 51.4 Å². The van der Waals surface area contributed by atoms with Gasteiger partial charge in [-0.2, -0.15) is 0 Å². The minimum Gasteiger partial charge on any atom is -0.394 e. The summed E-state index contributed by atoms with van der Waals surface area (Å²) in [5.41, 5.74) is 5.61. The Morgan fingerprint density at radius 3 is 2.55 bits per heavy atom. The number of aromatic nitrogens is 4. The van der Waals surface area contributed by atoms with E-state index in [4.69, 9.17) is 33.7 Å². The average molecular weight is 508 g/mol. The third-order valence-electron chi connectivity index (χ3n) is 4.66. The molecule has 4 rings (SSSR count). The molecule has 1 saturated heterocycles. The van der Waals surface area contributed by atoms with Gasteiger partial charge in [0.2, 0.25) is 0 Å². The highest BCUT2D eigenvalue weighted by molar-refractivity contribution is 7.99. The number of aliphatic hydroxyl groups is 3. The first-order valence-electron chi connectivity index (χ1n) is 8.85. The van der Waals surface area contributed by atoms with Crippen LogP contribution in [0.5, 0.6) is 0 Å². The zero-order valence-corrected chi connectivity index (χ0v) is 18.6. The Hall–Kier alpha value is -1.51. The van der Waals surface area contributed by atoms with Crippen molar-refractivity contribution in [1.29, 1.82) is 0 Å². The topological polar surface area (TPSA) is 140 Å². The molecule has 5 atom stereocenters. The Bertz CT molecular complexity index is 1060. The summed E-state index contributed by atoms with van der Waals surface area (Å²) in [5, 5.41) is 41.0. The maximum atomic E-state index is 13.7. The molecule has 1 aromatic carbocycles. The Kier molecular flexibility index (Phi) is 6.70. The van der Waals surface area contributed by atoms with Crippen LogP contribution in [0.1, 0.15) is 6.04 Å². The highest BCUT2D eigenvalue weighted by Crippen LogP contribution is 2.40. The number of nitrogens with zero attached hydrogens (tertiary/aromatic N) is 4.